The number of fused-ring (bicyclic) bond motifs is 5. The van der Waals surface area contributed by atoms with E-state index in [1.54, 1.807) is 0 Å². The lowest BCUT2D eigenvalue weighted by Crippen LogP contribution is -2.43. The molecule has 1 aliphatic heterocycles. The zero-order valence-electron chi connectivity index (χ0n) is 15.8. The highest BCUT2D eigenvalue weighted by atomic mass is 19.4. The third-order valence-corrected chi connectivity index (χ3v) is 6.10. The molecule has 1 aliphatic carbocycles. The monoisotopic (exact) mass is 389 g/mol. The lowest BCUT2D eigenvalue weighted by molar-refractivity contribution is -0.140. The van der Waals surface area contributed by atoms with E-state index in [4.69, 9.17) is 4.74 Å². The molecule has 1 amide bonds. The standard InChI is InChI=1S/C22H22F3NO2/c1-13-16-10-11-26(19(27)12-28-2)21(13)20-17(4-3-5-18(16)20)14-6-8-15(9-7-14)22(23,24)25/h3-9,13,16,21H,10-12H2,1-2H3/t13-,16?,21?/m0/s1. The third kappa shape index (κ3) is 3.00. The predicted molar refractivity (Wildman–Crippen MR) is 99.7 cm³/mol. The van der Waals surface area contributed by atoms with Crippen molar-refractivity contribution in [1.29, 1.82) is 0 Å². The van der Waals surface area contributed by atoms with Crippen molar-refractivity contribution >= 4 is 5.91 Å². The summed E-state index contributed by atoms with van der Waals surface area (Å²) >= 11 is 0. The molecular weight excluding hydrogens is 367 g/mol. The minimum atomic E-state index is -4.36. The molecule has 2 aliphatic rings. The van der Waals surface area contributed by atoms with Gasteiger partial charge in [0.25, 0.3) is 0 Å². The Labute approximate surface area is 162 Å². The fourth-order valence-corrected chi connectivity index (χ4v) is 4.85. The molecule has 3 nitrogen and oxygen atoms in total. The summed E-state index contributed by atoms with van der Waals surface area (Å²) in [7, 11) is 1.50. The van der Waals surface area contributed by atoms with E-state index in [9.17, 15) is 18.0 Å². The van der Waals surface area contributed by atoms with Crippen LogP contribution in [0.3, 0.4) is 0 Å². The van der Waals surface area contributed by atoms with E-state index in [0.717, 1.165) is 35.2 Å². The maximum atomic E-state index is 12.9. The van der Waals surface area contributed by atoms with Crippen molar-refractivity contribution in [2.75, 3.05) is 20.3 Å². The van der Waals surface area contributed by atoms with Crippen LogP contribution in [0.1, 0.15) is 42.0 Å². The lowest BCUT2D eigenvalue weighted by atomic mass is 9.85. The van der Waals surface area contributed by atoms with Gasteiger partial charge >= 0.3 is 6.18 Å². The number of hydrogen-bond donors (Lipinski definition) is 0. The first-order valence-corrected chi connectivity index (χ1v) is 9.41. The maximum Gasteiger partial charge on any atom is 0.416 e. The van der Waals surface area contributed by atoms with Crippen molar-refractivity contribution in [1.82, 2.24) is 4.90 Å². The number of rotatable bonds is 3. The van der Waals surface area contributed by atoms with E-state index in [1.165, 1.54) is 24.8 Å². The van der Waals surface area contributed by atoms with E-state index >= 15 is 0 Å². The molecule has 1 heterocycles. The summed E-state index contributed by atoms with van der Waals surface area (Å²) < 4.78 is 43.8. The molecule has 0 saturated carbocycles. The number of methoxy groups -OCH3 is 1. The number of benzene rings is 2. The number of carbonyl (C=O) groups excluding carboxylic acids is 1. The van der Waals surface area contributed by atoms with E-state index < -0.39 is 11.7 Å². The molecule has 0 radical (unpaired) electrons. The highest BCUT2D eigenvalue weighted by molar-refractivity contribution is 5.80. The van der Waals surface area contributed by atoms with E-state index in [-0.39, 0.29) is 24.5 Å². The largest absolute Gasteiger partial charge is 0.416 e. The second-order valence-electron chi connectivity index (χ2n) is 7.60. The first-order chi connectivity index (χ1) is 13.3. The molecule has 1 fully saturated rings. The molecule has 0 spiro atoms. The number of piperidine rings is 1. The third-order valence-electron chi connectivity index (χ3n) is 6.10. The summed E-state index contributed by atoms with van der Waals surface area (Å²) in [6.07, 6.45) is -3.47. The van der Waals surface area contributed by atoms with Crippen LogP contribution >= 0.6 is 0 Å². The van der Waals surface area contributed by atoms with Gasteiger partial charge in [0.05, 0.1) is 11.6 Å². The molecule has 0 aromatic heterocycles. The molecule has 2 aromatic rings. The number of ether oxygens (including phenoxy) is 1. The molecule has 2 aromatic carbocycles. The SMILES string of the molecule is COCC(=O)N1CCC2c3cccc(-c4ccc(C(F)(F)F)cc4)c3C1[C@H]2C. The van der Waals surface area contributed by atoms with Crippen molar-refractivity contribution in [2.24, 2.45) is 5.92 Å². The van der Waals surface area contributed by atoms with Crippen LogP contribution in [-0.2, 0) is 15.7 Å². The summed E-state index contributed by atoms with van der Waals surface area (Å²) in [6.45, 7) is 2.85. The van der Waals surface area contributed by atoms with Crippen LogP contribution in [-0.4, -0.2) is 31.1 Å². The first-order valence-electron chi connectivity index (χ1n) is 9.41. The van der Waals surface area contributed by atoms with Crippen LogP contribution in [0, 0.1) is 5.92 Å². The number of alkyl halides is 3. The van der Waals surface area contributed by atoms with Crippen LogP contribution in [0.5, 0.6) is 0 Å². The molecular formula is C22H22F3NO2. The Morgan fingerprint density at radius 2 is 1.89 bits per heavy atom. The van der Waals surface area contributed by atoms with Crippen LogP contribution in [0.25, 0.3) is 11.1 Å². The van der Waals surface area contributed by atoms with Gasteiger partial charge < -0.3 is 9.64 Å². The molecule has 6 heteroatoms. The van der Waals surface area contributed by atoms with Gasteiger partial charge in [-0.2, -0.15) is 13.2 Å². The summed E-state index contributed by atoms with van der Waals surface area (Å²) in [4.78, 5) is 14.5. The number of likely N-dealkylation sites (tertiary alicyclic amines) is 1. The summed E-state index contributed by atoms with van der Waals surface area (Å²) in [5.74, 6) is 0.578. The maximum absolute atomic E-state index is 12.9. The van der Waals surface area contributed by atoms with E-state index in [0.29, 0.717) is 12.5 Å². The molecule has 3 atom stereocenters. The lowest BCUT2D eigenvalue weighted by Gasteiger charge is -2.38. The normalized spacial score (nSPS) is 23.6. The van der Waals surface area contributed by atoms with Crippen LogP contribution in [0.15, 0.2) is 42.5 Å². The Morgan fingerprint density at radius 1 is 1.18 bits per heavy atom. The number of halogens is 3. The first kappa shape index (κ1) is 19.0. The van der Waals surface area contributed by atoms with Gasteiger partial charge in [-0.05, 0) is 52.6 Å². The fourth-order valence-electron chi connectivity index (χ4n) is 4.85. The number of hydrogen-bond acceptors (Lipinski definition) is 2. The van der Waals surface area contributed by atoms with Crippen LogP contribution < -0.4 is 0 Å². The number of nitrogens with zero attached hydrogens (tertiary/aromatic N) is 1. The van der Waals surface area contributed by atoms with Gasteiger partial charge in [0, 0.05) is 13.7 Å². The van der Waals surface area contributed by atoms with Crippen molar-refractivity contribution in [2.45, 2.75) is 31.5 Å². The Bertz CT molecular complexity index is 892. The Morgan fingerprint density at radius 3 is 2.54 bits per heavy atom. The molecule has 2 bridgehead atoms. The van der Waals surface area contributed by atoms with Gasteiger partial charge in [-0.1, -0.05) is 37.3 Å². The average Bonchev–Trinajstić information content (AvgIpc) is 2.83. The minimum absolute atomic E-state index is 0.0334. The van der Waals surface area contributed by atoms with Gasteiger partial charge in [-0.3, -0.25) is 4.79 Å². The quantitative estimate of drug-likeness (QED) is 0.737. The second kappa shape index (κ2) is 6.92. The summed E-state index contributed by atoms with van der Waals surface area (Å²) in [5, 5.41) is 0. The molecule has 148 valence electrons. The highest BCUT2D eigenvalue weighted by Gasteiger charge is 2.47. The van der Waals surface area contributed by atoms with Gasteiger partial charge in [-0.15, -0.1) is 0 Å². The summed E-state index contributed by atoms with van der Waals surface area (Å²) in [5.41, 5.74) is 3.27. The summed E-state index contributed by atoms with van der Waals surface area (Å²) in [6, 6.07) is 11.2. The fraction of sp³-hybridized carbons (Fsp3) is 0.409. The van der Waals surface area contributed by atoms with Crippen molar-refractivity contribution in [3.63, 3.8) is 0 Å². The molecule has 2 unspecified atom stereocenters. The average molecular weight is 389 g/mol. The predicted octanol–water partition coefficient (Wildman–Crippen LogP) is 5.03. The van der Waals surface area contributed by atoms with Crippen LogP contribution in [0.4, 0.5) is 13.2 Å². The Hall–Kier alpha value is -2.34. The van der Waals surface area contributed by atoms with Gasteiger partial charge in [0.15, 0.2) is 0 Å². The number of amides is 1. The molecule has 4 rings (SSSR count). The smallest absolute Gasteiger partial charge is 0.375 e. The number of carbonyl (C=O) groups is 1. The second-order valence-corrected chi connectivity index (χ2v) is 7.60. The topological polar surface area (TPSA) is 29.5 Å². The van der Waals surface area contributed by atoms with E-state index in [1.807, 2.05) is 17.0 Å². The molecule has 1 saturated heterocycles. The Balaban J connectivity index is 1.79. The molecule has 0 N–H and O–H groups in total. The zero-order chi connectivity index (χ0) is 20.1. The van der Waals surface area contributed by atoms with Gasteiger partial charge in [0.1, 0.15) is 6.61 Å². The van der Waals surface area contributed by atoms with Gasteiger partial charge in [-0.25, -0.2) is 0 Å². The highest BCUT2D eigenvalue weighted by Crippen LogP contribution is 2.55. The Kier molecular flexibility index (Phi) is 4.70. The minimum Gasteiger partial charge on any atom is -0.375 e. The van der Waals surface area contributed by atoms with Crippen LogP contribution in [0.2, 0.25) is 0 Å². The van der Waals surface area contributed by atoms with E-state index in [2.05, 4.69) is 13.0 Å². The zero-order valence-corrected chi connectivity index (χ0v) is 15.8. The van der Waals surface area contributed by atoms with Crippen molar-refractivity contribution in [3.8, 4) is 11.1 Å². The van der Waals surface area contributed by atoms with Crippen molar-refractivity contribution < 1.29 is 22.7 Å². The van der Waals surface area contributed by atoms with Crippen molar-refractivity contribution in [3.05, 3.63) is 59.2 Å². The van der Waals surface area contributed by atoms with Gasteiger partial charge in [0.2, 0.25) is 5.91 Å². The molecule has 28 heavy (non-hydrogen) atoms.